The highest BCUT2D eigenvalue weighted by molar-refractivity contribution is 7.86. The summed E-state index contributed by atoms with van der Waals surface area (Å²) in [4.78, 5) is 2.84. The molecule has 0 amide bonds. The van der Waals surface area contributed by atoms with E-state index < -0.39 is 40.8 Å². The van der Waals surface area contributed by atoms with Gasteiger partial charge in [0.15, 0.2) is 6.29 Å². The Morgan fingerprint density at radius 1 is 1.13 bits per heavy atom. The van der Waals surface area contributed by atoms with Crippen LogP contribution in [0, 0.1) is 6.92 Å². The van der Waals surface area contributed by atoms with Gasteiger partial charge >= 0.3 is 0 Å². The minimum atomic E-state index is -4.14. The first-order chi connectivity index (χ1) is 14.5. The van der Waals surface area contributed by atoms with Crippen molar-refractivity contribution < 1.29 is 26.8 Å². The molecule has 9 nitrogen and oxygen atoms in total. The zero-order chi connectivity index (χ0) is 21.1. The molecule has 0 radical (unpaired) electrons. The van der Waals surface area contributed by atoms with Gasteiger partial charge in [0.05, 0.1) is 18.1 Å². The van der Waals surface area contributed by atoms with Crippen LogP contribution in [0.15, 0.2) is 64.6 Å². The minimum Gasteiger partial charge on any atom is -0.368 e. The zero-order valence-electron chi connectivity index (χ0n) is 16.2. The molecule has 10 heteroatoms. The number of azide groups is 1. The number of hydrogen-bond acceptors (Lipinski definition) is 7. The second-order valence-electron chi connectivity index (χ2n) is 7.16. The molecular formula is C20H21N3O6S. The van der Waals surface area contributed by atoms with Gasteiger partial charge in [-0.3, -0.25) is 4.18 Å². The number of aryl methyl sites for hydroxylation is 1. The smallest absolute Gasteiger partial charge is 0.297 e. The van der Waals surface area contributed by atoms with Crippen LogP contribution in [0.25, 0.3) is 10.4 Å². The largest absolute Gasteiger partial charge is 0.368 e. The van der Waals surface area contributed by atoms with Crippen molar-refractivity contribution in [3.63, 3.8) is 0 Å². The summed E-state index contributed by atoms with van der Waals surface area (Å²) in [5.74, 6) is 0. The van der Waals surface area contributed by atoms with Crippen LogP contribution < -0.4 is 0 Å². The Kier molecular flexibility index (Phi) is 6.05. The van der Waals surface area contributed by atoms with Gasteiger partial charge in [-0.25, -0.2) is 0 Å². The Labute approximate surface area is 174 Å². The van der Waals surface area contributed by atoms with E-state index in [4.69, 9.17) is 23.9 Å². The Hall–Kier alpha value is -2.46. The summed E-state index contributed by atoms with van der Waals surface area (Å²) in [6, 6.07) is 14.7. The fourth-order valence-electron chi connectivity index (χ4n) is 3.52. The summed E-state index contributed by atoms with van der Waals surface area (Å²) < 4.78 is 48.7. The third-order valence-electron chi connectivity index (χ3n) is 5.06. The summed E-state index contributed by atoms with van der Waals surface area (Å²) >= 11 is 0. The molecule has 2 aliphatic rings. The highest BCUT2D eigenvalue weighted by Gasteiger charge is 2.53. The van der Waals surface area contributed by atoms with E-state index in [0.717, 1.165) is 11.1 Å². The summed E-state index contributed by atoms with van der Waals surface area (Å²) in [5.41, 5.74) is 10.8. The van der Waals surface area contributed by atoms with Crippen LogP contribution >= 0.6 is 0 Å². The van der Waals surface area contributed by atoms with Crippen molar-refractivity contribution in [2.45, 2.75) is 49.1 Å². The number of fused-ring (bicyclic) bond motifs is 2. The molecular weight excluding hydrogens is 410 g/mol. The molecule has 0 aliphatic carbocycles. The molecule has 5 atom stereocenters. The van der Waals surface area contributed by atoms with E-state index >= 15 is 0 Å². The fourth-order valence-corrected chi connectivity index (χ4v) is 4.62. The van der Waals surface area contributed by atoms with Gasteiger partial charge in [0, 0.05) is 4.91 Å². The molecule has 2 aromatic rings. The Bertz CT molecular complexity index is 1020. The fraction of sp³-hybridized carbons (Fsp3) is 0.400. The van der Waals surface area contributed by atoms with E-state index in [1.54, 1.807) is 12.1 Å². The van der Waals surface area contributed by atoms with Gasteiger partial charge in [0.2, 0.25) is 0 Å². The Morgan fingerprint density at radius 3 is 2.57 bits per heavy atom. The van der Waals surface area contributed by atoms with Crippen molar-refractivity contribution in [2.75, 3.05) is 6.61 Å². The summed E-state index contributed by atoms with van der Waals surface area (Å²) in [6.45, 7) is 2.26. The molecule has 4 rings (SSSR count). The van der Waals surface area contributed by atoms with Crippen LogP contribution in [0.2, 0.25) is 0 Å². The average Bonchev–Trinajstić information content (AvgIpc) is 3.17. The third kappa shape index (κ3) is 4.34. The predicted octanol–water partition coefficient (Wildman–Crippen LogP) is 3.09. The molecule has 2 aliphatic heterocycles. The molecule has 0 saturated carbocycles. The van der Waals surface area contributed by atoms with E-state index in [1.807, 2.05) is 37.3 Å². The maximum atomic E-state index is 12.9. The van der Waals surface area contributed by atoms with Crippen molar-refractivity contribution in [2.24, 2.45) is 5.11 Å². The van der Waals surface area contributed by atoms with Gasteiger partial charge in [-0.15, -0.1) is 0 Å². The second kappa shape index (κ2) is 8.73. The molecule has 2 bridgehead atoms. The van der Waals surface area contributed by atoms with Gasteiger partial charge in [-0.05, 0) is 30.2 Å². The normalized spacial score (nSPS) is 28.1. The van der Waals surface area contributed by atoms with Crippen molar-refractivity contribution in [1.82, 2.24) is 0 Å². The van der Waals surface area contributed by atoms with Crippen LogP contribution in [0.3, 0.4) is 0 Å². The quantitative estimate of drug-likeness (QED) is 0.288. The minimum absolute atomic E-state index is 0.00866. The van der Waals surface area contributed by atoms with Gasteiger partial charge in [-0.1, -0.05) is 53.1 Å². The average molecular weight is 431 g/mol. The topological polar surface area (TPSA) is 120 Å². The number of benzene rings is 2. The van der Waals surface area contributed by atoms with E-state index in [2.05, 4.69) is 10.0 Å². The highest BCUT2D eigenvalue weighted by Crippen LogP contribution is 2.35. The summed E-state index contributed by atoms with van der Waals surface area (Å²) in [7, 11) is -4.14. The van der Waals surface area contributed by atoms with Gasteiger partial charge in [0.1, 0.15) is 24.4 Å². The Balaban J connectivity index is 1.62. The molecule has 2 aromatic carbocycles. The molecule has 2 heterocycles. The maximum Gasteiger partial charge on any atom is 0.297 e. The van der Waals surface area contributed by atoms with Crippen LogP contribution in [0.4, 0.5) is 0 Å². The molecule has 0 unspecified atom stereocenters. The van der Waals surface area contributed by atoms with Crippen molar-refractivity contribution >= 4 is 10.1 Å². The number of ether oxygens (including phenoxy) is 3. The van der Waals surface area contributed by atoms with Crippen LogP contribution in [0.1, 0.15) is 11.1 Å². The number of rotatable bonds is 7. The summed E-state index contributed by atoms with van der Waals surface area (Å²) in [5, 5.41) is 3.70. The monoisotopic (exact) mass is 431 g/mol. The van der Waals surface area contributed by atoms with E-state index in [1.165, 1.54) is 12.1 Å². The third-order valence-corrected chi connectivity index (χ3v) is 6.38. The lowest BCUT2D eigenvalue weighted by molar-refractivity contribution is -0.188. The molecule has 0 aromatic heterocycles. The van der Waals surface area contributed by atoms with Crippen molar-refractivity contribution in [1.29, 1.82) is 0 Å². The molecule has 158 valence electrons. The molecule has 30 heavy (non-hydrogen) atoms. The van der Waals surface area contributed by atoms with Crippen molar-refractivity contribution in [3.8, 4) is 0 Å². The zero-order valence-corrected chi connectivity index (χ0v) is 17.0. The van der Waals surface area contributed by atoms with Gasteiger partial charge in [0.25, 0.3) is 10.1 Å². The molecule has 2 saturated heterocycles. The second-order valence-corrected chi connectivity index (χ2v) is 8.73. The first kappa shape index (κ1) is 20.8. The lowest BCUT2D eigenvalue weighted by Crippen LogP contribution is -2.55. The predicted molar refractivity (Wildman–Crippen MR) is 106 cm³/mol. The first-order valence-corrected chi connectivity index (χ1v) is 10.9. The standard InChI is InChI=1S/C20H21N3O6S/c1-13-7-9-15(10-8-13)30(24,25)29-19-17(22-23-21)20-27-12-16(28-20)18(19)26-11-14-5-3-2-4-6-14/h2-10,16-20H,11-12H2,1H3/t16-,17-,18+,19-,20-/m1/s1. The maximum absolute atomic E-state index is 12.9. The molecule has 2 fully saturated rings. The first-order valence-electron chi connectivity index (χ1n) is 9.45. The van der Waals surface area contributed by atoms with E-state index in [9.17, 15) is 8.42 Å². The molecule has 0 N–H and O–H groups in total. The summed E-state index contributed by atoms with van der Waals surface area (Å²) in [6.07, 6.45) is -3.33. The SMILES string of the molecule is Cc1ccc(S(=O)(=O)O[C@@H]2[C@@H](N=[N+]=[N-])[C@@H]3OC[C@@H](O3)[C@@H]2OCc2ccccc2)cc1. The Morgan fingerprint density at radius 2 is 1.87 bits per heavy atom. The van der Waals surface area contributed by atoms with Crippen LogP contribution in [-0.4, -0.2) is 45.7 Å². The number of nitrogens with zero attached hydrogens (tertiary/aromatic N) is 3. The lowest BCUT2D eigenvalue weighted by atomic mass is 9.99. The van der Waals surface area contributed by atoms with Crippen LogP contribution in [0.5, 0.6) is 0 Å². The van der Waals surface area contributed by atoms with E-state index in [-0.39, 0.29) is 18.1 Å². The van der Waals surface area contributed by atoms with E-state index in [0.29, 0.717) is 0 Å². The van der Waals surface area contributed by atoms with Crippen LogP contribution in [-0.2, 0) is 35.1 Å². The highest BCUT2D eigenvalue weighted by atomic mass is 32.2. The van der Waals surface area contributed by atoms with Gasteiger partial charge < -0.3 is 14.2 Å². The van der Waals surface area contributed by atoms with Gasteiger partial charge in [-0.2, -0.15) is 8.42 Å². The molecule has 0 spiro atoms. The van der Waals surface area contributed by atoms with Crippen molar-refractivity contribution in [3.05, 3.63) is 76.2 Å². The number of hydrogen-bond donors (Lipinski definition) is 0. The lowest BCUT2D eigenvalue weighted by Gasteiger charge is -2.38.